The summed E-state index contributed by atoms with van der Waals surface area (Å²) in [5.41, 5.74) is 7.39. The molecule has 0 bridgehead atoms. The Kier molecular flexibility index (Phi) is 9.36. The summed E-state index contributed by atoms with van der Waals surface area (Å²) in [5.74, 6) is 0.702. The standard InChI is InChI=1S/C23H21N2O.C5H8O2.Ir/c1-15-9-16(2)11-19(10-15)23-22(26-4)14-18-13-21(25-7-5-6-8-25)17(3)12-20(18)24-23;1-4(6)3-5(2)7;/h5-10,12-14H,1-4H3;3,6H,1-2H3;/q-1;;/b;4-3-;. The summed E-state index contributed by atoms with van der Waals surface area (Å²) in [6, 6.07) is 18.0. The van der Waals surface area contributed by atoms with Crippen LogP contribution in [0.3, 0.4) is 0 Å². The number of aliphatic hydroxyl groups is 1. The van der Waals surface area contributed by atoms with Crippen LogP contribution in [0.15, 0.2) is 66.7 Å². The van der Waals surface area contributed by atoms with Gasteiger partial charge in [-0.1, -0.05) is 13.8 Å². The molecule has 0 unspecified atom stereocenters. The fourth-order valence-corrected chi connectivity index (χ4v) is 3.73. The van der Waals surface area contributed by atoms with Gasteiger partial charge in [-0.25, -0.2) is 0 Å². The van der Waals surface area contributed by atoms with E-state index in [9.17, 15) is 4.79 Å². The normalized spacial score (nSPS) is 10.8. The molecular formula is C28H29IrN2O3-. The minimum Gasteiger partial charge on any atom is -0.512 e. The molecule has 5 nitrogen and oxygen atoms in total. The molecule has 0 spiro atoms. The van der Waals surface area contributed by atoms with Crippen molar-refractivity contribution in [1.29, 1.82) is 0 Å². The van der Waals surface area contributed by atoms with Crippen LogP contribution >= 0.6 is 0 Å². The van der Waals surface area contributed by atoms with E-state index >= 15 is 0 Å². The number of nitrogens with zero attached hydrogens (tertiary/aromatic N) is 2. The van der Waals surface area contributed by atoms with Gasteiger partial charge >= 0.3 is 0 Å². The van der Waals surface area contributed by atoms with Crippen LogP contribution in [-0.4, -0.2) is 27.6 Å². The van der Waals surface area contributed by atoms with Crippen molar-refractivity contribution in [2.24, 2.45) is 0 Å². The Morgan fingerprint density at radius 3 is 2.26 bits per heavy atom. The number of methoxy groups -OCH3 is 1. The summed E-state index contributed by atoms with van der Waals surface area (Å²) in [7, 11) is 1.69. The predicted octanol–water partition coefficient (Wildman–Crippen LogP) is 6.46. The number of aliphatic hydroxyl groups excluding tert-OH is 1. The molecule has 0 fully saturated rings. The van der Waals surface area contributed by atoms with E-state index in [-0.39, 0.29) is 31.6 Å². The number of aryl methyl sites for hydroxylation is 3. The molecule has 34 heavy (non-hydrogen) atoms. The maximum atomic E-state index is 10.0. The van der Waals surface area contributed by atoms with Gasteiger partial charge in [-0.15, -0.1) is 34.9 Å². The molecule has 0 aliphatic heterocycles. The van der Waals surface area contributed by atoms with Crippen molar-refractivity contribution < 1.29 is 34.7 Å². The Balaban J connectivity index is 0.000000449. The van der Waals surface area contributed by atoms with Crippen molar-refractivity contribution in [3.05, 3.63) is 89.5 Å². The Hall–Kier alpha value is -3.21. The average Bonchev–Trinajstić information content (AvgIpc) is 3.25. The van der Waals surface area contributed by atoms with Gasteiger partial charge in [0.25, 0.3) is 0 Å². The van der Waals surface area contributed by atoms with Crippen LogP contribution in [-0.2, 0) is 24.9 Å². The molecule has 4 rings (SSSR count). The molecule has 179 valence electrons. The van der Waals surface area contributed by atoms with Crippen LogP contribution < -0.4 is 4.74 Å². The van der Waals surface area contributed by atoms with E-state index in [0.717, 1.165) is 39.2 Å². The molecule has 0 aliphatic rings. The van der Waals surface area contributed by atoms with Gasteiger partial charge in [-0.05, 0) is 56.7 Å². The monoisotopic (exact) mass is 634 g/mol. The molecule has 1 N–H and O–H groups in total. The summed E-state index contributed by atoms with van der Waals surface area (Å²) in [4.78, 5) is 14.9. The molecule has 1 radical (unpaired) electrons. The van der Waals surface area contributed by atoms with E-state index in [0.29, 0.717) is 0 Å². The molecule has 0 saturated heterocycles. The van der Waals surface area contributed by atoms with Crippen molar-refractivity contribution in [3.8, 4) is 22.7 Å². The number of rotatable bonds is 4. The molecule has 2 aromatic carbocycles. The summed E-state index contributed by atoms with van der Waals surface area (Å²) in [5, 5.41) is 9.42. The number of hydrogen-bond acceptors (Lipinski definition) is 4. The first-order valence-electron chi connectivity index (χ1n) is 10.7. The largest absolute Gasteiger partial charge is 0.512 e. The first kappa shape index (κ1) is 27.0. The molecule has 4 aromatic rings. The second-order valence-corrected chi connectivity index (χ2v) is 8.11. The zero-order chi connectivity index (χ0) is 24.1. The van der Waals surface area contributed by atoms with Crippen molar-refractivity contribution >= 4 is 16.7 Å². The van der Waals surface area contributed by atoms with E-state index in [2.05, 4.69) is 74.1 Å². The van der Waals surface area contributed by atoms with Gasteiger partial charge in [0, 0.05) is 55.3 Å². The average molecular weight is 634 g/mol. The fourth-order valence-electron chi connectivity index (χ4n) is 3.73. The zero-order valence-electron chi connectivity index (χ0n) is 20.3. The van der Waals surface area contributed by atoms with E-state index < -0.39 is 0 Å². The molecule has 2 heterocycles. The third-order valence-electron chi connectivity index (χ3n) is 5.02. The number of ketones is 1. The fraction of sp³-hybridized carbons (Fsp3) is 0.214. The summed E-state index contributed by atoms with van der Waals surface area (Å²) >= 11 is 0. The van der Waals surface area contributed by atoms with E-state index in [1.165, 1.54) is 31.1 Å². The zero-order valence-corrected chi connectivity index (χ0v) is 22.7. The minimum atomic E-state index is -0.125. The molecule has 0 amide bonds. The number of carbonyl (C=O) groups excluding carboxylic acids is 1. The first-order valence-corrected chi connectivity index (χ1v) is 10.7. The second-order valence-electron chi connectivity index (χ2n) is 8.11. The van der Waals surface area contributed by atoms with Crippen LogP contribution in [0.1, 0.15) is 30.5 Å². The SMILES string of the molecule is CC(=O)/C=C(/C)O.COc1cc2cc(-n3cccc3)c(C)cc2nc1-c1[c-]c(C)cc(C)c1.[Ir]. The van der Waals surface area contributed by atoms with E-state index in [1.807, 2.05) is 12.1 Å². The van der Waals surface area contributed by atoms with Crippen LogP contribution in [0, 0.1) is 26.8 Å². The third-order valence-corrected chi connectivity index (χ3v) is 5.02. The number of benzene rings is 2. The molecule has 0 aliphatic carbocycles. The Labute approximate surface area is 214 Å². The molecule has 0 atom stereocenters. The smallest absolute Gasteiger partial charge is 0.155 e. The summed E-state index contributed by atoms with van der Waals surface area (Å²) in [6.45, 7) is 9.10. The van der Waals surface area contributed by atoms with E-state index in [1.54, 1.807) is 7.11 Å². The topological polar surface area (TPSA) is 64.3 Å². The quantitative estimate of drug-likeness (QED) is 0.159. The maximum absolute atomic E-state index is 10.0. The summed E-state index contributed by atoms with van der Waals surface area (Å²) < 4.78 is 7.78. The van der Waals surface area contributed by atoms with Gasteiger partial charge in [0.05, 0.1) is 18.4 Å². The predicted molar refractivity (Wildman–Crippen MR) is 133 cm³/mol. The molecule has 2 aromatic heterocycles. The number of pyridine rings is 1. The van der Waals surface area contributed by atoms with Gasteiger partial charge in [-0.3, -0.25) is 9.78 Å². The van der Waals surface area contributed by atoms with Crippen LogP contribution in [0.25, 0.3) is 27.8 Å². The van der Waals surface area contributed by atoms with Crippen LogP contribution in [0.4, 0.5) is 0 Å². The number of carbonyl (C=O) groups is 1. The first-order chi connectivity index (χ1) is 15.7. The second kappa shape index (κ2) is 11.8. The number of aromatic nitrogens is 2. The van der Waals surface area contributed by atoms with Gasteiger partial charge in [0.15, 0.2) is 5.78 Å². The van der Waals surface area contributed by atoms with Crippen molar-refractivity contribution in [2.45, 2.75) is 34.6 Å². The van der Waals surface area contributed by atoms with Gasteiger partial charge in [0.2, 0.25) is 0 Å². The molecule has 0 saturated carbocycles. The summed E-state index contributed by atoms with van der Waals surface area (Å²) in [6.07, 6.45) is 5.27. The third kappa shape index (κ3) is 6.66. The molecular weight excluding hydrogens is 605 g/mol. The van der Waals surface area contributed by atoms with Crippen molar-refractivity contribution in [3.63, 3.8) is 0 Å². The van der Waals surface area contributed by atoms with Gasteiger partial charge in [0.1, 0.15) is 5.75 Å². The van der Waals surface area contributed by atoms with E-state index in [4.69, 9.17) is 14.8 Å². The minimum absolute atomic E-state index is 0. The molecule has 6 heteroatoms. The number of fused-ring (bicyclic) bond motifs is 1. The number of hydrogen-bond donors (Lipinski definition) is 1. The Morgan fingerprint density at radius 1 is 1.06 bits per heavy atom. The Bertz CT molecular complexity index is 1300. The Morgan fingerprint density at radius 2 is 1.74 bits per heavy atom. The number of allylic oxidation sites excluding steroid dienone is 2. The van der Waals surface area contributed by atoms with Crippen LogP contribution in [0.5, 0.6) is 5.75 Å². The van der Waals surface area contributed by atoms with Gasteiger partial charge < -0.3 is 14.4 Å². The number of ether oxygens (including phenoxy) is 1. The van der Waals surface area contributed by atoms with Gasteiger partial charge in [-0.2, -0.15) is 0 Å². The van der Waals surface area contributed by atoms with Crippen molar-refractivity contribution in [2.75, 3.05) is 7.11 Å². The van der Waals surface area contributed by atoms with Crippen LogP contribution in [0.2, 0.25) is 0 Å². The van der Waals surface area contributed by atoms with Crippen molar-refractivity contribution in [1.82, 2.24) is 9.55 Å². The maximum Gasteiger partial charge on any atom is 0.155 e.